The second-order valence-corrected chi connectivity index (χ2v) is 13.8. The minimum Gasteiger partial charge on any atom is -0.0654 e. The number of benzene rings is 3. The van der Waals surface area contributed by atoms with Crippen molar-refractivity contribution in [3.8, 4) is 0 Å². The number of hydrogen-bond donors (Lipinski definition) is 0. The van der Waals surface area contributed by atoms with Gasteiger partial charge in [0.15, 0.2) is 0 Å². The van der Waals surface area contributed by atoms with E-state index in [4.69, 9.17) is 0 Å². The summed E-state index contributed by atoms with van der Waals surface area (Å²) >= 11 is 0. The molecule has 0 aliphatic rings. The summed E-state index contributed by atoms with van der Waals surface area (Å²) < 4.78 is 0. The largest absolute Gasteiger partial charge is 0.0654 e. The van der Waals surface area contributed by atoms with Crippen molar-refractivity contribution in [2.45, 2.75) is 138 Å². The Balaban J connectivity index is 2.36. The van der Waals surface area contributed by atoms with Gasteiger partial charge in [-0.2, -0.15) is 0 Å². The molecule has 40 heavy (non-hydrogen) atoms. The summed E-state index contributed by atoms with van der Waals surface area (Å²) in [6.45, 7) is 14.1. The third kappa shape index (κ3) is 8.32. The first kappa shape index (κ1) is 32.6. The number of rotatable bonds is 18. The molecular formula is C39H57P. The second-order valence-electron chi connectivity index (χ2n) is 11.6. The van der Waals surface area contributed by atoms with E-state index in [0.29, 0.717) is 0 Å². The van der Waals surface area contributed by atoms with Crippen molar-refractivity contribution in [3.05, 3.63) is 88.0 Å². The van der Waals surface area contributed by atoms with Gasteiger partial charge in [0, 0.05) is 0 Å². The molecule has 0 aromatic heterocycles. The smallest absolute Gasteiger partial charge is 0.0116 e. The predicted octanol–water partition coefficient (Wildman–Crippen LogP) is 10.3. The highest BCUT2D eigenvalue weighted by Crippen LogP contribution is 2.39. The van der Waals surface area contributed by atoms with Crippen molar-refractivity contribution in [2.24, 2.45) is 0 Å². The van der Waals surface area contributed by atoms with Crippen LogP contribution in [0.15, 0.2) is 54.6 Å². The van der Waals surface area contributed by atoms with Crippen LogP contribution in [0.1, 0.15) is 133 Å². The lowest BCUT2D eigenvalue weighted by molar-refractivity contribution is 0.737. The topological polar surface area (TPSA) is 0 Å². The van der Waals surface area contributed by atoms with E-state index >= 15 is 0 Å². The molecule has 0 heterocycles. The molecule has 1 heteroatoms. The zero-order valence-electron chi connectivity index (χ0n) is 26.7. The van der Waals surface area contributed by atoms with E-state index in [1.807, 2.05) is 0 Å². The first-order valence-electron chi connectivity index (χ1n) is 16.8. The van der Waals surface area contributed by atoms with Crippen molar-refractivity contribution < 1.29 is 0 Å². The summed E-state index contributed by atoms with van der Waals surface area (Å²) in [5.74, 6) is 0. The Morgan fingerprint density at radius 3 is 1.40 bits per heavy atom. The Hall–Kier alpha value is -1.91. The fourth-order valence-corrected chi connectivity index (χ4v) is 9.12. The maximum Gasteiger partial charge on any atom is -0.0116 e. The van der Waals surface area contributed by atoms with Gasteiger partial charge in [0.1, 0.15) is 0 Å². The first-order valence-corrected chi connectivity index (χ1v) is 18.1. The fraction of sp³-hybridized carbons (Fsp3) is 0.538. The summed E-state index contributed by atoms with van der Waals surface area (Å²) in [5, 5.41) is 4.79. The molecule has 0 N–H and O–H groups in total. The Bertz CT molecular complexity index is 1140. The number of hydrogen-bond acceptors (Lipinski definition) is 0. The minimum absolute atomic E-state index is 0.621. The average Bonchev–Trinajstić information content (AvgIpc) is 2.98. The molecule has 0 aliphatic carbocycles. The van der Waals surface area contributed by atoms with E-state index < -0.39 is 7.92 Å². The Kier molecular flexibility index (Phi) is 14.5. The molecule has 0 amide bonds. The summed E-state index contributed by atoms with van der Waals surface area (Å²) in [7, 11) is -0.621. The molecule has 0 fully saturated rings. The molecule has 3 rings (SSSR count). The van der Waals surface area contributed by atoms with E-state index in [2.05, 4.69) is 96.1 Å². The molecule has 0 bridgehead atoms. The van der Waals surface area contributed by atoms with Crippen LogP contribution in [-0.4, -0.2) is 0 Å². The molecular weight excluding hydrogens is 499 g/mol. The normalized spacial score (nSPS) is 12.2. The van der Waals surface area contributed by atoms with Crippen molar-refractivity contribution in [1.29, 1.82) is 0 Å². The van der Waals surface area contributed by atoms with Gasteiger partial charge in [-0.05, 0) is 115 Å². The highest BCUT2D eigenvalue weighted by atomic mass is 31.1. The highest BCUT2D eigenvalue weighted by molar-refractivity contribution is 7.80. The van der Waals surface area contributed by atoms with Gasteiger partial charge in [0.25, 0.3) is 0 Å². The molecule has 218 valence electrons. The number of unbranched alkanes of at least 4 members (excludes halogenated alkanes) is 3. The standard InChI is InChI=1S/C39H57P/c1-7-13-22-32-28-30-39(37(26-15-9-3)35(32)25-14-8-2)40(33-23-17-16-18-24-33)38-29-27-31(19-10-4)34(20-11-5)36(38)21-12-6/h16-18,23-24,27-30H,7-15,19-22,25-26H2,1-6H3. The Morgan fingerprint density at radius 2 is 0.850 bits per heavy atom. The first-order chi connectivity index (χ1) is 19.6. The lowest BCUT2D eigenvalue weighted by atomic mass is 9.91. The summed E-state index contributed by atoms with van der Waals surface area (Å²) in [4.78, 5) is 0. The summed E-state index contributed by atoms with van der Waals surface area (Å²) in [5.41, 5.74) is 10.00. The second kappa shape index (κ2) is 17.8. The molecule has 0 saturated carbocycles. The van der Waals surface area contributed by atoms with E-state index in [9.17, 15) is 0 Å². The van der Waals surface area contributed by atoms with Crippen molar-refractivity contribution in [1.82, 2.24) is 0 Å². The molecule has 0 radical (unpaired) electrons. The number of aryl methyl sites for hydroxylation is 2. The summed E-state index contributed by atoms with van der Waals surface area (Å²) in [6.07, 6.45) is 18.6. The minimum atomic E-state index is -0.621. The van der Waals surface area contributed by atoms with E-state index in [1.54, 1.807) is 44.0 Å². The van der Waals surface area contributed by atoms with Gasteiger partial charge >= 0.3 is 0 Å². The maximum atomic E-state index is 2.58. The van der Waals surface area contributed by atoms with Crippen LogP contribution in [0.5, 0.6) is 0 Å². The molecule has 0 nitrogen and oxygen atoms in total. The molecule has 3 aromatic rings. The van der Waals surface area contributed by atoms with E-state index in [0.717, 1.165) is 0 Å². The monoisotopic (exact) mass is 556 g/mol. The third-order valence-corrected chi connectivity index (χ3v) is 11.0. The van der Waals surface area contributed by atoms with Gasteiger partial charge in [-0.15, -0.1) is 0 Å². The molecule has 3 aromatic carbocycles. The lowest BCUT2D eigenvalue weighted by Crippen LogP contribution is -2.28. The molecule has 1 unspecified atom stereocenters. The van der Waals surface area contributed by atoms with Crippen LogP contribution in [0.25, 0.3) is 0 Å². The summed E-state index contributed by atoms with van der Waals surface area (Å²) in [6, 6.07) is 21.8. The lowest BCUT2D eigenvalue weighted by Gasteiger charge is -2.29. The van der Waals surface area contributed by atoms with Crippen LogP contribution in [0, 0.1) is 0 Å². The predicted molar refractivity (Wildman–Crippen MR) is 183 cm³/mol. The van der Waals surface area contributed by atoms with Crippen molar-refractivity contribution >= 4 is 23.8 Å². The Labute approximate surface area is 249 Å². The van der Waals surface area contributed by atoms with Gasteiger partial charge in [0.2, 0.25) is 0 Å². The van der Waals surface area contributed by atoms with Crippen molar-refractivity contribution in [2.75, 3.05) is 0 Å². The third-order valence-electron chi connectivity index (χ3n) is 8.38. The van der Waals surface area contributed by atoms with E-state index in [1.165, 1.54) is 102 Å². The van der Waals surface area contributed by atoms with Crippen LogP contribution in [0.3, 0.4) is 0 Å². The maximum absolute atomic E-state index is 2.58. The molecule has 0 aliphatic heterocycles. The van der Waals surface area contributed by atoms with Gasteiger partial charge in [-0.1, -0.05) is 135 Å². The van der Waals surface area contributed by atoms with Crippen LogP contribution in [-0.2, 0) is 38.5 Å². The van der Waals surface area contributed by atoms with Gasteiger partial charge in [0.05, 0.1) is 0 Å². The molecule has 1 atom stereocenters. The van der Waals surface area contributed by atoms with Crippen LogP contribution < -0.4 is 15.9 Å². The van der Waals surface area contributed by atoms with Gasteiger partial charge in [-0.25, -0.2) is 0 Å². The zero-order chi connectivity index (χ0) is 28.7. The van der Waals surface area contributed by atoms with E-state index in [-0.39, 0.29) is 0 Å². The van der Waals surface area contributed by atoms with Crippen LogP contribution in [0.2, 0.25) is 0 Å². The van der Waals surface area contributed by atoms with Crippen LogP contribution >= 0.6 is 7.92 Å². The highest BCUT2D eigenvalue weighted by Gasteiger charge is 2.26. The van der Waals surface area contributed by atoms with Crippen molar-refractivity contribution in [3.63, 3.8) is 0 Å². The van der Waals surface area contributed by atoms with Gasteiger partial charge < -0.3 is 0 Å². The molecule has 0 saturated heterocycles. The SMILES string of the molecule is CCCCc1ccc(P(c2ccccc2)c2ccc(CCC)c(CCC)c2CCC)c(CCCC)c1CCCC. The Morgan fingerprint density at radius 1 is 0.400 bits per heavy atom. The molecule has 0 spiro atoms. The zero-order valence-corrected chi connectivity index (χ0v) is 27.6. The average molecular weight is 557 g/mol. The van der Waals surface area contributed by atoms with Gasteiger partial charge in [-0.3, -0.25) is 0 Å². The van der Waals surface area contributed by atoms with Crippen LogP contribution in [0.4, 0.5) is 0 Å². The fourth-order valence-electron chi connectivity index (χ4n) is 6.36. The quantitative estimate of drug-likeness (QED) is 0.137.